The summed E-state index contributed by atoms with van der Waals surface area (Å²) in [6.07, 6.45) is 5.70. The van der Waals surface area contributed by atoms with Crippen LogP contribution in [0.5, 0.6) is 0 Å². The van der Waals surface area contributed by atoms with E-state index in [1.54, 1.807) is 0 Å². The lowest BCUT2D eigenvalue weighted by molar-refractivity contribution is 0.198. The number of hydrogen-bond donors (Lipinski definition) is 1. The van der Waals surface area contributed by atoms with Crippen molar-refractivity contribution in [2.75, 3.05) is 6.54 Å². The van der Waals surface area contributed by atoms with E-state index in [0.717, 1.165) is 35.9 Å². The second-order valence-electron chi connectivity index (χ2n) is 6.75. The monoisotopic (exact) mass is 304 g/mol. The molecule has 116 valence electrons. The van der Waals surface area contributed by atoms with E-state index in [2.05, 4.69) is 40.2 Å². The molecule has 1 aliphatic heterocycles. The van der Waals surface area contributed by atoms with Crippen LogP contribution in [0.4, 0.5) is 0 Å². The Kier molecular flexibility index (Phi) is 2.98. The van der Waals surface area contributed by atoms with Gasteiger partial charge in [0.05, 0.1) is 29.3 Å². The summed E-state index contributed by atoms with van der Waals surface area (Å²) in [6, 6.07) is 13.0. The number of aromatic nitrogens is 3. The van der Waals surface area contributed by atoms with Crippen molar-refractivity contribution in [2.24, 2.45) is 5.92 Å². The molecule has 3 heterocycles. The number of aromatic amines is 1. The van der Waals surface area contributed by atoms with Gasteiger partial charge in [-0.3, -0.25) is 9.88 Å². The molecule has 0 bridgehead atoms. The van der Waals surface area contributed by atoms with Gasteiger partial charge in [-0.25, -0.2) is 4.98 Å². The summed E-state index contributed by atoms with van der Waals surface area (Å²) in [5.41, 5.74) is 4.92. The van der Waals surface area contributed by atoms with Crippen LogP contribution >= 0.6 is 0 Å². The van der Waals surface area contributed by atoms with Gasteiger partial charge in [-0.2, -0.15) is 0 Å². The van der Waals surface area contributed by atoms with Gasteiger partial charge in [0.1, 0.15) is 5.82 Å². The molecule has 1 aliphatic carbocycles. The van der Waals surface area contributed by atoms with E-state index >= 15 is 0 Å². The Bertz CT molecular complexity index is 820. The molecule has 2 aliphatic rings. The van der Waals surface area contributed by atoms with Gasteiger partial charge in [0.25, 0.3) is 0 Å². The Labute approximate surface area is 135 Å². The highest BCUT2D eigenvalue weighted by atomic mass is 15.2. The van der Waals surface area contributed by atoms with Gasteiger partial charge in [0.2, 0.25) is 0 Å². The largest absolute Gasteiger partial charge is 0.341 e. The third-order valence-electron chi connectivity index (χ3n) is 5.41. The Hall–Kier alpha value is -2.20. The van der Waals surface area contributed by atoms with Crippen LogP contribution < -0.4 is 0 Å². The topological polar surface area (TPSA) is 44.8 Å². The van der Waals surface area contributed by atoms with Crippen LogP contribution in [0.2, 0.25) is 0 Å². The first-order valence-corrected chi connectivity index (χ1v) is 8.50. The maximum atomic E-state index is 4.75. The van der Waals surface area contributed by atoms with E-state index in [1.165, 1.54) is 30.5 Å². The number of aryl methyl sites for hydroxylation is 1. The second kappa shape index (κ2) is 5.17. The minimum atomic E-state index is 0.466. The Morgan fingerprint density at radius 2 is 2.09 bits per heavy atom. The fourth-order valence-corrected chi connectivity index (χ4v) is 4.34. The fourth-order valence-electron chi connectivity index (χ4n) is 4.34. The maximum absolute atomic E-state index is 4.75. The number of likely N-dealkylation sites (tertiary alicyclic amines) is 1. The molecule has 0 amide bonds. The molecule has 3 aromatic rings. The summed E-state index contributed by atoms with van der Waals surface area (Å²) in [7, 11) is 0. The molecule has 0 spiro atoms. The Morgan fingerprint density at radius 3 is 3.04 bits per heavy atom. The van der Waals surface area contributed by atoms with E-state index in [0.29, 0.717) is 6.04 Å². The number of pyridine rings is 1. The number of H-pyrrole nitrogens is 1. The van der Waals surface area contributed by atoms with Crippen LogP contribution in [0.3, 0.4) is 0 Å². The van der Waals surface area contributed by atoms with Gasteiger partial charge in [-0.15, -0.1) is 0 Å². The molecule has 1 aromatic carbocycles. The summed E-state index contributed by atoms with van der Waals surface area (Å²) in [5.74, 6) is 1.82. The molecule has 2 atom stereocenters. The summed E-state index contributed by atoms with van der Waals surface area (Å²) in [4.78, 5) is 15.5. The molecule has 1 saturated heterocycles. The lowest BCUT2D eigenvalue weighted by atomic mass is 9.83. The smallest absolute Gasteiger partial charge is 0.121 e. The zero-order valence-electron chi connectivity index (χ0n) is 13.1. The number of nitrogens with one attached hydrogen (secondary N) is 1. The minimum absolute atomic E-state index is 0.466. The number of nitrogens with zero attached hydrogens (tertiary/aromatic N) is 3. The quantitative estimate of drug-likeness (QED) is 0.788. The van der Waals surface area contributed by atoms with E-state index < -0.39 is 0 Å². The first-order valence-electron chi connectivity index (χ1n) is 8.50. The van der Waals surface area contributed by atoms with Gasteiger partial charge < -0.3 is 4.98 Å². The number of para-hydroxylation sites is 2. The van der Waals surface area contributed by atoms with Crippen molar-refractivity contribution < 1.29 is 0 Å². The molecule has 4 nitrogen and oxygen atoms in total. The lowest BCUT2D eigenvalue weighted by Crippen LogP contribution is -2.29. The van der Waals surface area contributed by atoms with Gasteiger partial charge >= 0.3 is 0 Å². The molecule has 0 unspecified atom stereocenters. The van der Waals surface area contributed by atoms with Crippen LogP contribution in [-0.4, -0.2) is 26.4 Å². The van der Waals surface area contributed by atoms with Crippen LogP contribution in [0.25, 0.3) is 11.0 Å². The van der Waals surface area contributed by atoms with Crippen LogP contribution in [0.1, 0.15) is 36.0 Å². The predicted octanol–water partition coefficient (Wildman–Crippen LogP) is 3.47. The van der Waals surface area contributed by atoms with Crippen LogP contribution in [-0.2, 0) is 13.0 Å². The first kappa shape index (κ1) is 13.3. The highest BCUT2D eigenvalue weighted by molar-refractivity contribution is 5.74. The maximum Gasteiger partial charge on any atom is 0.121 e. The van der Waals surface area contributed by atoms with E-state index in [-0.39, 0.29) is 0 Å². The summed E-state index contributed by atoms with van der Waals surface area (Å²) in [6.45, 7) is 2.02. The van der Waals surface area contributed by atoms with Crippen molar-refractivity contribution in [1.29, 1.82) is 0 Å². The van der Waals surface area contributed by atoms with Crippen molar-refractivity contribution in [3.05, 3.63) is 59.7 Å². The Morgan fingerprint density at radius 1 is 1.13 bits per heavy atom. The molecule has 1 fully saturated rings. The molecular weight excluding hydrogens is 284 g/mol. The molecule has 5 rings (SSSR count). The first-order chi connectivity index (χ1) is 11.4. The second-order valence-corrected chi connectivity index (χ2v) is 6.75. The van der Waals surface area contributed by atoms with E-state index in [4.69, 9.17) is 9.97 Å². The van der Waals surface area contributed by atoms with Gasteiger partial charge in [-0.1, -0.05) is 18.2 Å². The van der Waals surface area contributed by atoms with Crippen molar-refractivity contribution in [3.63, 3.8) is 0 Å². The number of rotatable bonds is 2. The lowest BCUT2D eigenvalue weighted by Gasteiger charge is -2.32. The van der Waals surface area contributed by atoms with Crippen molar-refractivity contribution in [1.82, 2.24) is 19.9 Å². The molecule has 0 saturated carbocycles. The highest BCUT2D eigenvalue weighted by Crippen LogP contribution is 2.44. The van der Waals surface area contributed by atoms with Gasteiger partial charge in [0, 0.05) is 6.20 Å². The molecule has 2 aromatic heterocycles. The van der Waals surface area contributed by atoms with Crippen LogP contribution in [0, 0.1) is 5.92 Å². The predicted molar refractivity (Wildman–Crippen MR) is 89.9 cm³/mol. The van der Waals surface area contributed by atoms with E-state index in [9.17, 15) is 0 Å². The number of imidazole rings is 1. The summed E-state index contributed by atoms with van der Waals surface area (Å²) in [5, 5.41) is 0. The SMILES string of the molecule is c1cnc2c(c1)CC[C@H]1CCN(Cc3nc4ccccc4[nH]3)[C@H]21. The highest BCUT2D eigenvalue weighted by Gasteiger charge is 2.39. The molecular formula is C19H20N4. The average molecular weight is 304 g/mol. The zero-order chi connectivity index (χ0) is 15.2. The number of fused-ring (bicyclic) bond motifs is 4. The summed E-state index contributed by atoms with van der Waals surface area (Å²) >= 11 is 0. The minimum Gasteiger partial charge on any atom is -0.341 e. The average Bonchev–Trinajstić information content (AvgIpc) is 3.19. The summed E-state index contributed by atoms with van der Waals surface area (Å²) < 4.78 is 0. The van der Waals surface area contributed by atoms with Crippen molar-refractivity contribution in [2.45, 2.75) is 31.8 Å². The third kappa shape index (κ3) is 2.17. The number of hydrogen-bond acceptors (Lipinski definition) is 3. The third-order valence-corrected chi connectivity index (χ3v) is 5.41. The zero-order valence-corrected chi connectivity index (χ0v) is 13.1. The normalized spacial score (nSPS) is 23.8. The molecule has 0 radical (unpaired) electrons. The van der Waals surface area contributed by atoms with Crippen molar-refractivity contribution >= 4 is 11.0 Å². The van der Waals surface area contributed by atoms with E-state index in [1.807, 2.05) is 12.3 Å². The number of benzene rings is 1. The Balaban J connectivity index is 1.47. The van der Waals surface area contributed by atoms with Gasteiger partial charge in [-0.05, 0) is 55.5 Å². The standard InChI is InChI=1S/C19H20N4/c1-2-6-16-15(5-1)21-17(22-16)12-23-11-9-14-8-7-13-4-3-10-20-18(13)19(14)23/h1-6,10,14,19H,7-9,11-12H2,(H,21,22)/t14-,19-/m0/s1. The molecule has 1 N–H and O–H groups in total. The van der Waals surface area contributed by atoms with Gasteiger partial charge in [0.15, 0.2) is 0 Å². The van der Waals surface area contributed by atoms with Crippen molar-refractivity contribution in [3.8, 4) is 0 Å². The fraction of sp³-hybridized carbons (Fsp3) is 0.368. The van der Waals surface area contributed by atoms with Crippen LogP contribution in [0.15, 0.2) is 42.6 Å². The molecule has 23 heavy (non-hydrogen) atoms. The molecule has 4 heteroatoms.